The zero-order valence-electron chi connectivity index (χ0n) is 53.3. The zero-order valence-corrected chi connectivity index (χ0v) is 53.3. The molecule has 0 amide bonds. The molecule has 6 heteroatoms. The Morgan fingerprint density at radius 1 is 0.259 bits per heavy atom. The summed E-state index contributed by atoms with van der Waals surface area (Å²) in [5, 5.41) is 0. The molecule has 0 aromatic heterocycles. The lowest BCUT2D eigenvalue weighted by Gasteiger charge is -2.18. The fourth-order valence-corrected chi connectivity index (χ4v) is 9.70. The smallest absolute Gasteiger partial charge is 0.306 e. The first-order chi connectivity index (χ1) is 40.0. The number of carbonyl (C=O) groups is 3. The molecule has 0 rings (SSSR count). The Morgan fingerprint density at radius 3 is 0.753 bits per heavy atom. The van der Waals surface area contributed by atoms with E-state index in [1.165, 1.54) is 161 Å². The van der Waals surface area contributed by atoms with Gasteiger partial charge in [0.05, 0.1) is 0 Å². The van der Waals surface area contributed by atoms with Gasteiger partial charge in [-0.1, -0.05) is 316 Å². The van der Waals surface area contributed by atoms with Gasteiger partial charge >= 0.3 is 17.9 Å². The van der Waals surface area contributed by atoms with Crippen molar-refractivity contribution in [3.8, 4) is 0 Å². The lowest BCUT2D eigenvalue weighted by atomic mass is 10.0. The van der Waals surface area contributed by atoms with Gasteiger partial charge in [0.25, 0.3) is 0 Å². The second-order valence-corrected chi connectivity index (χ2v) is 22.7. The molecule has 6 nitrogen and oxygen atoms in total. The summed E-state index contributed by atoms with van der Waals surface area (Å²) < 4.78 is 16.9. The molecule has 0 spiro atoms. The van der Waals surface area contributed by atoms with Crippen molar-refractivity contribution in [3.63, 3.8) is 0 Å². The first-order valence-corrected chi connectivity index (χ1v) is 34.4. The molecule has 0 saturated heterocycles. The average Bonchev–Trinajstić information content (AvgIpc) is 3.47. The van der Waals surface area contributed by atoms with Gasteiger partial charge in [0.2, 0.25) is 0 Å². The highest BCUT2D eigenvalue weighted by Crippen LogP contribution is 2.17. The third-order valence-corrected chi connectivity index (χ3v) is 14.8. The van der Waals surface area contributed by atoms with E-state index in [1.807, 2.05) is 0 Å². The lowest BCUT2D eigenvalue weighted by Crippen LogP contribution is -2.30. The molecule has 1 unspecified atom stereocenters. The number of carbonyl (C=O) groups excluding carboxylic acids is 3. The minimum Gasteiger partial charge on any atom is -0.462 e. The van der Waals surface area contributed by atoms with Crippen LogP contribution in [-0.4, -0.2) is 37.2 Å². The van der Waals surface area contributed by atoms with Crippen LogP contribution in [0.15, 0.2) is 109 Å². The minimum absolute atomic E-state index is 0.0799. The molecule has 0 radical (unpaired) electrons. The van der Waals surface area contributed by atoms with E-state index in [9.17, 15) is 14.4 Å². The Morgan fingerprint density at radius 2 is 0.481 bits per heavy atom. The van der Waals surface area contributed by atoms with E-state index in [0.717, 1.165) is 128 Å². The first kappa shape index (κ1) is 77.1. The fraction of sp³-hybridized carbons (Fsp3) is 0.720. The van der Waals surface area contributed by atoms with Gasteiger partial charge in [-0.2, -0.15) is 0 Å². The summed E-state index contributed by atoms with van der Waals surface area (Å²) in [5.41, 5.74) is 0. The summed E-state index contributed by atoms with van der Waals surface area (Å²) in [5.74, 6) is -0.881. The topological polar surface area (TPSA) is 78.9 Å². The van der Waals surface area contributed by atoms with E-state index in [-0.39, 0.29) is 31.1 Å². The van der Waals surface area contributed by atoms with Crippen LogP contribution in [0.4, 0.5) is 0 Å². The molecule has 0 fully saturated rings. The highest BCUT2D eigenvalue weighted by atomic mass is 16.6. The number of rotatable bonds is 62. The monoisotopic (exact) mass is 1120 g/mol. The van der Waals surface area contributed by atoms with Crippen molar-refractivity contribution in [3.05, 3.63) is 109 Å². The predicted octanol–water partition coefficient (Wildman–Crippen LogP) is 23.8. The highest BCUT2D eigenvalue weighted by molar-refractivity contribution is 5.71. The molecule has 1 atom stereocenters. The molecule has 81 heavy (non-hydrogen) atoms. The molecule has 0 N–H and O–H groups in total. The van der Waals surface area contributed by atoms with Crippen molar-refractivity contribution in [2.45, 2.75) is 335 Å². The van der Waals surface area contributed by atoms with Crippen molar-refractivity contribution in [2.24, 2.45) is 0 Å². The standard InChI is InChI=1S/C75H128O6/c1-4-7-10-13-16-19-22-24-26-28-30-31-32-33-34-35-36-37-38-39-40-41-42-43-45-46-48-50-53-56-59-62-65-68-74(77)80-71-72(70-79-73(76)67-64-61-58-55-52-21-18-15-12-9-6-3)81-75(78)69-66-63-60-57-54-51-49-47-44-29-27-25-23-20-17-14-11-8-5-2/h7-8,10-11,16-17,19-20,24-27,30-31,33-34,44,47,72H,4-6,9,12-15,18,21-23,28-29,32,35-43,45-46,48-71H2,1-3H3/b10-7-,11-8-,19-16-,20-17-,26-24-,27-25-,31-30-,34-33-,47-44-. The van der Waals surface area contributed by atoms with Crippen LogP contribution in [0.5, 0.6) is 0 Å². The maximum absolute atomic E-state index is 12.9. The first-order valence-electron chi connectivity index (χ1n) is 34.4. The van der Waals surface area contributed by atoms with Crippen LogP contribution in [0.2, 0.25) is 0 Å². The molecule has 0 aromatic rings. The molecule has 464 valence electrons. The normalized spacial score (nSPS) is 12.8. The molecular formula is C75H128O6. The van der Waals surface area contributed by atoms with Crippen LogP contribution in [-0.2, 0) is 28.6 Å². The summed E-state index contributed by atoms with van der Waals surface area (Å²) in [6, 6.07) is 0. The summed E-state index contributed by atoms with van der Waals surface area (Å²) in [6.45, 7) is 6.42. The van der Waals surface area contributed by atoms with E-state index in [0.29, 0.717) is 19.3 Å². The largest absolute Gasteiger partial charge is 0.462 e. The summed E-state index contributed by atoms with van der Waals surface area (Å²) in [7, 11) is 0. The van der Waals surface area contributed by atoms with Gasteiger partial charge in [0.15, 0.2) is 6.10 Å². The van der Waals surface area contributed by atoms with Gasteiger partial charge in [-0.25, -0.2) is 0 Å². The zero-order chi connectivity index (χ0) is 58.5. The highest BCUT2D eigenvalue weighted by Gasteiger charge is 2.19. The second kappa shape index (κ2) is 68.6. The third kappa shape index (κ3) is 66.8. The number of esters is 3. The number of unbranched alkanes of at least 4 members (excludes halogenated alkanes) is 33. The number of allylic oxidation sites excluding steroid dienone is 18. The predicted molar refractivity (Wildman–Crippen MR) is 353 cm³/mol. The number of hydrogen-bond acceptors (Lipinski definition) is 6. The van der Waals surface area contributed by atoms with E-state index >= 15 is 0 Å². The second-order valence-electron chi connectivity index (χ2n) is 22.7. The lowest BCUT2D eigenvalue weighted by molar-refractivity contribution is -0.167. The fourth-order valence-electron chi connectivity index (χ4n) is 9.70. The van der Waals surface area contributed by atoms with E-state index in [2.05, 4.69) is 130 Å². The van der Waals surface area contributed by atoms with E-state index < -0.39 is 6.10 Å². The molecule has 0 aliphatic rings. The number of hydrogen-bond donors (Lipinski definition) is 0. The molecular weight excluding hydrogens is 997 g/mol. The summed E-state index contributed by atoms with van der Waals surface area (Å²) >= 11 is 0. The maximum atomic E-state index is 12.9. The van der Waals surface area contributed by atoms with Crippen LogP contribution in [0.1, 0.15) is 329 Å². The minimum atomic E-state index is -0.784. The Labute approximate surface area is 501 Å². The van der Waals surface area contributed by atoms with Crippen LogP contribution in [0.3, 0.4) is 0 Å². The Balaban J connectivity index is 4.17. The maximum Gasteiger partial charge on any atom is 0.306 e. The Bertz CT molecular complexity index is 1620. The van der Waals surface area contributed by atoms with Gasteiger partial charge in [0, 0.05) is 19.3 Å². The Kier molecular flexibility index (Phi) is 65.2. The molecule has 0 heterocycles. The van der Waals surface area contributed by atoms with Crippen molar-refractivity contribution in [1.82, 2.24) is 0 Å². The average molecular weight is 1130 g/mol. The van der Waals surface area contributed by atoms with Gasteiger partial charge in [-0.15, -0.1) is 0 Å². The van der Waals surface area contributed by atoms with Crippen molar-refractivity contribution in [1.29, 1.82) is 0 Å². The summed E-state index contributed by atoms with van der Waals surface area (Å²) in [4.78, 5) is 38.3. The van der Waals surface area contributed by atoms with Crippen molar-refractivity contribution >= 4 is 17.9 Å². The van der Waals surface area contributed by atoms with Gasteiger partial charge in [0.1, 0.15) is 13.2 Å². The van der Waals surface area contributed by atoms with E-state index in [4.69, 9.17) is 14.2 Å². The molecule has 0 saturated carbocycles. The van der Waals surface area contributed by atoms with Crippen LogP contribution < -0.4 is 0 Å². The molecule has 0 aliphatic heterocycles. The third-order valence-electron chi connectivity index (χ3n) is 14.8. The molecule has 0 aliphatic carbocycles. The van der Waals surface area contributed by atoms with Crippen LogP contribution >= 0.6 is 0 Å². The van der Waals surface area contributed by atoms with Crippen LogP contribution in [0, 0.1) is 0 Å². The van der Waals surface area contributed by atoms with Gasteiger partial charge in [-0.3, -0.25) is 14.4 Å². The Hall–Kier alpha value is -3.93. The van der Waals surface area contributed by atoms with Gasteiger partial charge in [-0.05, 0) is 103 Å². The van der Waals surface area contributed by atoms with Crippen molar-refractivity contribution in [2.75, 3.05) is 13.2 Å². The quantitative estimate of drug-likeness (QED) is 0.0261. The SMILES string of the molecule is CC/C=C\C/C=C\C/C=C\C/C=C\C/C=C\CCCCCCCCCCCCCCCCCCCC(=O)OCC(COC(=O)CCCCCCCCCCCCC)OC(=O)CCCCCCCC/C=C\C/C=C\C/C=C\C/C=C\CC. The van der Waals surface area contributed by atoms with Crippen LogP contribution in [0.25, 0.3) is 0 Å². The number of ether oxygens (including phenoxy) is 3. The van der Waals surface area contributed by atoms with Crippen molar-refractivity contribution < 1.29 is 28.6 Å². The molecule has 0 aromatic carbocycles. The van der Waals surface area contributed by atoms with Gasteiger partial charge < -0.3 is 14.2 Å². The summed E-state index contributed by atoms with van der Waals surface area (Å²) in [6.07, 6.45) is 94.0. The van der Waals surface area contributed by atoms with E-state index in [1.54, 1.807) is 0 Å². The molecule has 0 bridgehead atoms.